The molecule has 0 spiro atoms. The SMILES string of the molecule is CC(C)=CCCC(C)=CCCC(C)=CC(CC=C(C)C)P(=O)(O)O.O=[PH](O)O. The van der Waals surface area contributed by atoms with E-state index < -0.39 is 21.5 Å². The molecule has 0 heterocycles. The number of hydrogen-bond donors (Lipinski definition) is 4. The molecule has 1 unspecified atom stereocenters. The molecule has 0 bridgehead atoms. The summed E-state index contributed by atoms with van der Waals surface area (Å²) in [4.78, 5) is 33.3. The van der Waals surface area contributed by atoms with E-state index in [2.05, 4.69) is 32.9 Å². The van der Waals surface area contributed by atoms with Gasteiger partial charge in [0, 0.05) is 0 Å². The van der Waals surface area contributed by atoms with Crippen LogP contribution in [-0.2, 0) is 9.13 Å². The monoisotopic (exact) mass is 436 g/mol. The van der Waals surface area contributed by atoms with E-state index in [1.807, 2.05) is 26.8 Å². The van der Waals surface area contributed by atoms with Gasteiger partial charge in [-0.25, -0.2) is 0 Å². The van der Waals surface area contributed by atoms with Crippen LogP contribution in [0.5, 0.6) is 0 Å². The fraction of sp³-hybridized carbons (Fsp3) is 0.600. The molecule has 0 aliphatic rings. The van der Waals surface area contributed by atoms with Crippen molar-refractivity contribution in [1.82, 2.24) is 0 Å². The summed E-state index contributed by atoms with van der Waals surface area (Å²) in [7, 11) is -7.23. The molecule has 0 radical (unpaired) electrons. The zero-order valence-electron chi connectivity index (χ0n) is 18.0. The summed E-state index contributed by atoms with van der Waals surface area (Å²) in [6.45, 7) is 12.2. The molecule has 4 N–H and O–H groups in total. The van der Waals surface area contributed by atoms with Crippen molar-refractivity contribution in [2.45, 2.75) is 79.3 Å². The van der Waals surface area contributed by atoms with Gasteiger partial charge in [-0.05, 0) is 73.6 Å². The Morgan fingerprint density at radius 2 is 1.29 bits per heavy atom. The first-order chi connectivity index (χ1) is 12.8. The van der Waals surface area contributed by atoms with Crippen LogP contribution in [0, 0.1) is 0 Å². The Balaban J connectivity index is 0. The minimum Gasteiger partial charge on any atom is -0.326 e. The van der Waals surface area contributed by atoms with Crippen LogP contribution in [-0.4, -0.2) is 25.2 Å². The lowest BCUT2D eigenvalue weighted by molar-refractivity contribution is 0.364. The Bertz CT molecular complexity index is 629. The summed E-state index contributed by atoms with van der Waals surface area (Å²) in [6, 6.07) is 0. The molecular weight excluding hydrogens is 398 g/mol. The lowest BCUT2D eigenvalue weighted by Gasteiger charge is -2.14. The van der Waals surface area contributed by atoms with Crippen molar-refractivity contribution in [1.29, 1.82) is 0 Å². The predicted octanol–water partition coefficient (Wildman–Crippen LogP) is 5.67. The van der Waals surface area contributed by atoms with Gasteiger partial charge in [0.1, 0.15) is 0 Å². The largest absolute Gasteiger partial charge is 0.332 e. The van der Waals surface area contributed by atoms with Crippen LogP contribution in [0.2, 0.25) is 0 Å². The molecule has 0 aromatic heterocycles. The summed E-state index contributed by atoms with van der Waals surface area (Å²) in [5.41, 5.74) is 4.13. The van der Waals surface area contributed by atoms with E-state index in [0.717, 1.165) is 36.8 Å². The Labute approximate surface area is 170 Å². The molecule has 0 rings (SSSR count). The van der Waals surface area contributed by atoms with Gasteiger partial charge in [0.2, 0.25) is 0 Å². The molecule has 164 valence electrons. The van der Waals surface area contributed by atoms with E-state index in [4.69, 9.17) is 14.4 Å². The second-order valence-corrected chi connectivity index (χ2v) is 9.79. The third kappa shape index (κ3) is 21.6. The Kier molecular flexibility index (Phi) is 16.9. The quantitative estimate of drug-likeness (QED) is 0.259. The first-order valence-corrected chi connectivity index (χ1v) is 12.3. The van der Waals surface area contributed by atoms with Gasteiger partial charge in [-0.1, -0.05) is 46.6 Å². The topological polar surface area (TPSA) is 115 Å². The Morgan fingerprint density at radius 3 is 1.71 bits per heavy atom. The van der Waals surface area contributed by atoms with Crippen LogP contribution in [0.25, 0.3) is 0 Å². The summed E-state index contributed by atoms with van der Waals surface area (Å²) in [6.07, 6.45) is 12.4. The first-order valence-electron chi connectivity index (χ1n) is 9.32. The molecule has 0 aromatic carbocycles. The molecule has 0 aromatic rings. The minimum atomic E-state index is -4.10. The van der Waals surface area contributed by atoms with E-state index in [-0.39, 0.29) is 0 Å². The first kappa shape index (κ1) is 29.5. The summed E-state index contributed by atoms with van der Waals surface area (Å²) in [5, 5.41) is 0. The van der Waals surface area contributed by atoms with Gasteiger partial charge in [0.05, 0.1) is 5.66 Å². The van der Waals surface area contributed by atoms with E-state index >= 15 is 0 Å². The summed E-state index contributed by atoms with van der Waals surface area (Å²) >= 11 is 0. The van der Waals surface area contributed by atoms with Gasteiger partial charge in [-0.15, -0.1) is 0 Å². The van der Waals surface area contributed by atoms with Gasteiger partial charge < -0.3 is 19.6 Å². The number of rotatable bonds is 10. The Morgan fingerprint density at radius 1 is 0.857 bits per heavy atom. The standard InChI is InChI=1S/C20H35O3P.H3O3P/c1-16(2)9-7-10-18(5)11-8-12-19(6)15-20(24(21,22)23)14-13-17(3)4;1-4(2)3/h9,11,13,15,20H,7-8,10,12,14H2,1-6H3,(H2,21,22,23);4H,(H2,1,2,3). The summed E-state index contributed by atoms with van der Waals surface area (Å²) < 4.78 is 20.4. The van der Waals surface area contributed by atoms with E-state index in [1.165, 1.54) is 11.1 Å². The van der Waals surface area contributed by atoms with Gasteiger partial charge in [-0.3, -0.25) is 9.13 Å². The van der Waals surface area contributed by atoms with Crippen LogP contribution in [0.15, 0.2) is 46.6 Å². The second kappa shape index (κ2) is 16.1. The maximum atomic E-state index is 11.6. The lowest BCUT2D eigenvalue weighted by Crippen LogP contribution is -2.05. The van der Waals surface area contributed by atoms with Crippen molar-refractivity contribution in [3.8, 4) is 0 Å². The van der Waals surface area contributed by atoms with E-state index in [0.29, 0.717) is 6.42 Å². The van der Waals surface area contributed by atoms with Crippen molar-refractivity contribution in [2.24, 2.45) is 0 Å². The van der Waals surface area contributed by atoms with Gasteiger partial charge in [-0.2, -0.15) is 0 Å². The number of allylic oxidation sites excluding steroid dienone is 8. The van der Waals surface area contributed by atoms with Crippen molar-refractivity contribution in [2.75, 3.05) is 0 Å². The molecule has 1 atom stereocenters. The maximum Gasteiger partial charge on any atom is 0.332 e. The molecule has 0 aliphatic carbocycles. The molecule has 8 heteroatoms. The molecule has 0 fully saturated rings. The van der Waals surface area contributed by atoms with Crippen molar-refractivity contribution < 1.29 is 28.7 Å². The van der Waals surface area contributed by atoms with Crippen LogP contribution < -0.4 is 0 Å². The summed E-state index contributed by atoms with van der Waals surface area (Å²) in [5.74, 6) is 0. The highest BCUT2D eigenvalue weighted by Crippen LogP contribution is 2.44. The van der Waals surface area contributed by atoms with Gasteiger partial charge in [0.15, 0.2) is 0 Å². The minimum absolute atomic E-state index is 0.390. The average molecular weight is 436 g/mol. The highest BCUT2D eigenvalue weighted by Gasteiger charge is 2.25. The van der Waals surface area contributed by atoms with E-state index in [9.17, 15) is 14.4 Å². The maximum absolute atomic E-state index is 11.6. The molecular formula is C20H38O6P2. The predicted molar refractivity (Wildman–Crippen MR) is 119 cm³/mol. The zero-order chi connectivity index (χ0) is 22.3. The zero-order valence-corrected chi connectivity index (χ0v) is 19.9. The molecule has 28 heavy (non-hydrogen) atoms. The highest BCUT2D eigenvalue weighted by atomic mass is 31.2. The fourth-order valence-electron chi connectivity index (χ4n) is 2.31. The highest BCUT2D eigenvalue weighted by molar-refractivity contribution is 7.52. The van der Waals surface area contributed by atoms with Crippen LogP contribution in [0.3, 0.4) is 0 Å². The molecule has 0 aliphatic heterocycles. The smallest absolute Gasteiger partial charge is 0.326 e. The van der Waals surface area contributed by atoms with Gasteiger partial charge in [0.25, 0.3) is 0 Å². The molecule has 0 amide bonds. The third-order valence-corrected chi connectivity index (χ3v) is 5.02. The molecule has 0 saturated heterocycles. The van der Waals surface area contributed by atoms with Crippen molar-refractivity contribution in [3.05, 3.63) is 46.6 Å². The van der Waals surface area contributed by atoms with Crippen LogP contribution in [0.4, 0.5) is 0 Å². The average Bonchev–Trinajstić information content (AvgIpc) is 2.49. The van der Waals surface area contributed by atoms with Crippen molar-refractivity contribution >= 4 is 15.9 Å². The van der Waals surface area contributed by atoms with Crippen LogP contribution in [0.1, 0.15) is 73.6 Å². The lowest BCUT2D eigenvalue weighted by atomic mass is 10.1. The van der Waals surface area contributed by atoms with Crippen molar-refractivity contribution in [3.63, 3.8) is 0 Å². The Hall–Kier alpha value is -0.740. The molecule has 0 saturated carbocycles. The van der Waals surface area contributed by atoms with Crippen LogP contribution >= 0.6 is 15.9 Å². The van der Waals surface area contributed by atoms with E-state index in [1.54, 1.807) is 6.08 Å². The molecule has 6 nitrogen and oxygen atoms in total. The third-order valence-electron chi connectivity index (χ3n) is 3.80. The van der Waals surface area contributed by atoms with Gasteiger partial charge >= 0.3 is 15.9 Å². The second-order valence-electron chi connectivity index (χ2n) is 7.38. The fourth-order valence-corrected chi connectivity index (χ4v) is 3.14. The number of hydrogen-bond acceptors (Lipinski definition) is 2. The normalized spacial score (nSPS) is 13.5.